The molecule has 1 N–H and O–H groups in total. The number of hydrogen-bond donors (Lipinski definition) is 1. The minimum absolute atomic E-state index is 0.0451. The van der Waals surface area contributed by atoms with Crippen molar-refractivity contribution < 1.29 is 9.59 Å². The summed E-state index contributed by atoms with van der Waals surface area (Å²) in [4.78, 5) is 27.6. The van der Waals surface area contributed by atoms with Gasteiger partial charge in [-0.25, -0.2) is 0 Å². The van der Waals surface area contributed by atoms with Gasteiger partial charge < -0.3 is 10.2 Å². The van der Waals surface area contributed by atoms with Crippen molar-refractivity contribution in [3.05, 3.63) is 58.3 Å². The first-order valence-corrected chi connectivity index (χ1v) is 9.15. The average molecular weight is 342 g/mol. The van der Waals surface area contributed by atoms with E-state index in [9.17, 15) is 9.59 Å². The number of nitrogens with one attached hydrogen (secondary N) is 1. The fourth-order valence-electron chi connectivity index (χ4n) is 3.27. The third kappa shape index (κ3) is 3.67. The van der Waals surface area contributed by atoms with Crippen molar-refractivity contribution in [2.75, 3.05) is 13.6 Å². The normalized spacial score (nSPS) is 20.9. The lowest BCUT2D eigenvalue weighted by molar-refractivity contribution is -0.141. The van der Waals surface area contributed by atoms with Crippen LogP contribution in [0.15, 0.2) is 47.8 Å². The summed E-state index contributed by atoms with van der Waals surface area (Å²) in [5, 5.41) is 5.05. The smallest absolute Gasteiger partial charge is 0.225 e. The molecule has 0 aliphatic carbocycles. The van der Waals surface area contributed by atoms with E-state index in [0.29, 0.717) is 19.4 Å². The predicted octanol–water partition coefficient (Wildman–Crippen LogP) is 3.02. The van der Waals surface area contributed by atoms with Gasteiger partial charge in [0, 0.05) is 24.9 Å². The zero-order valence-corrected chi connectivity index (χ0v) is 14.6. The van der Waals surface area contributed by atoms with Gasteiger partial charge in [0.1, 0.15) is 0 Å². The molecule has 1 aromatic heterocycles. The third-order valence-electron chi connectivity index (χ3n) is 4.59. The van der Waals surface area contributed by atoms with Crippen molar-refractivity contribution in [1.82, 2.24) is 10.2 Å². The zero-order chi connectivity index (χ0) is 16.9. The van der Waals surface area contributed by atoms with Crippen molar-refractivity contribution >= 4 is 23.2 Å². The van der Waals surface area contributed by atoms with Crippen molar-refractivity contribution in [1.29, 1.82) is 0 Å². The van der Waals surface area contributed by atoms with E-state index < -0.39 is 0 Å². The van der Waals surface area contributed by atoms with Crippen LogP contribution in [0.2, 0.25) is 0 Å². The first-order chi connectivity index (χ1) is 11.7. The summed E-state index contributed by atoms with van der Waals surface area (Å²) in [6, 6.07) is 14.0. The van der Waals surface area contributed by atoms with Crippen LogP contribution in [-0.2, 0) is 16.0 Å². The summed E-state index contributed by atoms with van der Waals surface area (Å²) in [7, 11) is 1.80. The highest BCUT2D eigenvalue weighted by Gasteiger charge is 2.39. The number of hydrogen-bond acceptors (Lipinski definition) is 3. The van der Waals surface area contributed by atoms with Crippen LogP contribution in [0.4, 0.5) is 0 Å². The SMILES string of the molecule is CN1C(=O)CC[C@H](C(=O)NCCc2ccccc2)[C@H]1c1cccs1. The van der Waals surface area contributed by atoms with Gasteiger partial charge in [-0.2, -0.15) is 0 Å². The predicted molar refractivity (Wildman–Crippen MR) is 95.7 cm³/mol. The number of rotatable bonds is 5. The number of piperidine rings is 1. The van der Waals surface area contributed by atoms with E-state index in [4.69, 9.17) is 0 Å². The second-order valence-corrected chi connectivity index (χ2v) is 7.12. The highest BCUT2D eigenvalue weighted by molar-refractivity contribution is 7.10. The van der Waals surface area contributed by atoms with Gasteiger partial charge in [-0.3, -0.25) is 9.59 Å². The molecule has 1 aliphatic rings. The van der Waals surface area contributed by atoms with E-state index in [0.717, 1.165) is 11.3 Å². The lowest BCUT2D eigenvalue weighted by atomic mass is 9.87. The maximum atomic E-state index is 12.7. The van der Waals surface area contributed by atoms with Crippen molar-refractivity contribution in [2.45, 2.75) is 25.3 Å². The molecular formula is C19H22N2O2S. The van der Waals surface area contributed by atoms with Gasteiger partial charge in [-0.1, -0.05) is 36.4 Å². The molecule has 3 rings (SSSR count). The highest BCUT2D eigenvalue weighted by atomic mass is 32.1. The molecule has 1 saturated heterocycles. The number of benzene rings is 1. The topological polar surface area (TPSA) is 49.4 Å². The van der Waals surface area contributed by atoms with E-state index in [1.54, 1.807) is 23.3 Å². The monoisotopic (exact) mass is 342 g/mol. The molecular weight excluding hydrogens is 320 g/mol. The summed E-state index contributed by atoms with van der Waals surface area (Å²) in [5.41, 5.74) is 1.21. The second-order valence-electron chi connectivity index (χ2n) is 6.14. The van der Waals surface area contributed by atoms with Gasteiger partial charge in [0.05, 0.1) is 12.0 Å². The summed E-state index contributed by atoms with van der Waals surface area (Å²) in [6.07, 6.45) is 1.87. The van der Waals surface area contributed by atoms with Gasteiger partial charge in [-0.15, -0.1) is 11.3 Å². The zero-order valence-electron chi connectivity index (χ0n) is 13.8. The van der Waals surface area contributed by atoms with Crippen molar-refractivity contribution in [3.8, 4) is 0 Å². The molecule has 126 valence electrons. The largest absolute Gasteiger partial charge is 0.355 e. The van der Waals surface area contributed by atoms with Gasteiger partial charge in [-0.05, 0) is 29.9 Å². The molecule has 5 heteroatoms. The minimum atomic E-state index is -0.179. The Kier molecular flexibility index (Phi) is 5.30. The molecule has 2 aromatic rings. The van der Waals surface area contributed by atoms with Crippen LogP contribution >= 0.6 is 11.3 Å². The van der Waals surface area contributed by atoms with Gasteiger partial charge in [0.25, 0.3) is 0 Å². The molecule has 0 unspecified atom stereocenters. The first kappa shape index (κ1) is 16.7. The number of likely N-dealkylation sites (tertiary alicyclic amines) is 1. The Hall–Kier alpha value is -2.14. The fourth-order valence-corrected chi connectivity index (χ4v) is 4.20. The van der Waals surface area contributed by atoms with Crippen molar-refractivity contribution in [2.24, 2.45) is 5.92 Å². The van der Waals surface area contributed by atoms with Crippen LogP contribution in [0.1, 0.15) is 29.3 Å². The molecule has 0 bridgehead atoms. The molecule has 2 heterocycles. The van der Waals surface area contributed by atoms with Crippen LogP contribution < -0.4 is 5.32 Å². The summed E-state index contributed by atoms with van der Waals surface area (Å²) < 4.78 is 0. The molecule has 24 heavy (non-hydrogen) atoms. The van der Waals surface area contributed by atoms with E-state index >= 15 is 0 Å². The molecule has 4 nitrogen and oxygen atoms in total. The summed E-state index contributed by atoms with van der Waals surface area (Å²) in [6.45, 7) is 0.619. The van der Waals surface area contributed by atoms with Gasteiger partial charge in [0.15, 0.2) is 0 Å². The lowest BCUT2D eigenvalue weighted by Gasteiger charge is -2.37. The van der Waals surface area contributed by atoms with Gasteiger partial charge in [0.2, 0.25) is 11.8 Å². The summed E-state index contributed by atoms with van der Waals surface area (Å²) >= 11 is 1.60. The lowest BCUT2D eigenvalue weighted by Crippen LogP contribution is -2.46. The molecule has 1 aromatic carbocycles. The Morgan fingerprint density at radius 2 is 2.04 bits per heavy atom. The number of amides is 2. The Labute approximate surface area is 146 Å². The van der Waals surface area contributed by atoms with Crippen LogP contribution in [-0.4, -0.2) is 30.3 Å². The molecule has 2 atom stereocenters. The number of nitrogens with zero attached hydrogens (tertiary/aromatic N) is 1. The van der Waals surface area contributed by atoms with Gasteiger partial charge >= 0.3 is 0 Å². The van der Waals surface area contributed by atoms with E-state index in [1.165, 1.54) is 5.56 Å². The number of carbonyl (C=O) groups is 2. The highest BCUT2D eigenvalue weighted by Crippen LogP contribution is 2.37. The van der Waals surface area contributed by atoms with Crippen LogP contribution in [0.25, 0.3) is 0 Å². The van der Waals surface area contributed by atoms with E-state index in [-0.39, 0.29) is 23.8 Å². The third-order valence-corrected chi connectivity index (χ3v) is 5.53. The van der Waals surface area contributed by atoms with Crippen LogP contribution in [0.5, 0.6) is 0 Å². The Morgan fingerprint density at radius 3 is 2.75 bits per heavy atom. The van der Waals surface area contributed by atoms with E-state index in [1.807, 2.05) is 35.7 Å². The Balaban J connectivity index is 1.64. The Morgan fingerprint density at radius 1 is 1.25 bits per heavy atom. The van der Waals surface area contributed by atoms with Crippen LogP contribution in [0, 0.1) is 5.92 Å². The molecule has 0 saturated carbocycles. The maximum absolute atomic E-state index is 12.7. The number of carbonyl (C=O) groups excluding carboxylic acids is 2. The standard InChI is InChI=1S/C19H22N2O2S/c1-21-17(22)10-9-15(18(21)16-8-5-13-24-16)19(23)20-12-11-14-6-3-2-4-7-14/h2-8,13,15,18H,9-12H2,1H3,(H,20,23)/t15-,18-/m0/s1. The molecule has 2 amide bonds. The molecule has 0 spiro atoms. The molecule has 1 fully saturated rings. The maximum Gasteiger partial charge on any atom is 0.225 e. The first-order valence-electron chi connectivity index (χ1n) is 8.27. The molecule has 1 aliphatic heterocycles. The average Bonchev–Trinajstić information content (AvgIpc) is 3.12. The quantitative estimate of drug-likeness (QED) is 0.908. The number of thiophene rings is 1. The van der Waals surface area contributed by atoms with E-state index in [2.05, 4.69) is 17.4 Å². The van der Waals surface area contributed by atoms with Crippen molar-refractivity contribution in [3.63, 3.8) is 0 Å². The summed E-state index contributed by atoms with van der Waals surface area (Å²) in [5.74, 6) is -0.0208. The Bertz CT molecular complexity index is 685. The minimum Gasteiger partial charge on any atom is -0.355 e. The fraction of sp³-hybridized carbons (Fsp3) is 0.368. The molecule has 0 radical (unpaired) electrons. The second kappa shape index (κ2) is 7.62. The van der Waals surface area contributed by atoms with Crippen LogP contribution in [0.3, 0.4) is 0 Å².